The van der Waals surface area contributed by atoms with E-state index >= 15 is 0 Å². The standard InChI is InChI=1S/C10H13N5O/c1-7-8(6-15(2)14-7)5-13-9-10(16)12-4-3-11-9/h3-4,6H,5H2,1-2H3,(H,11,13)(H,12,16). The van der Waals surface area contributed by atoms with Crippen LogP contribution in [-0.4, -0.2) is 19.7 Å². The number of hydrogen-bond donors (Lipinski definition) is 2. The van der Waals surface area contributed by atoms with Crippen LogP contribution in [0.2, 0.25) is 0 Å². The summed E-state index contributed by atoms with van der Waals surface area (Å²) in [6.45, 7) is 2.47. The van der Waals surface area contributed by atoms with E-state index in [1.54, 1.807) is 10.9 Å². The summed E-state index contributed by atoms with van der Waals surface area (Å²) >= 11 is 0. The molecule has 2 rings (SSSR count). The van der Waals surface area contributed by atoms with E-state index in [-0.39, 0.29) is 5.56 Å². The molecule has 2 heterocycles. The van der Waals surface area contributed by atoms with Crippen LogP contribution in [0.15, 0.2) is 23.4 Å². The molecule has 0 aliphatic carbocycles. The van der Waals surface area contributed by atoms with Gasteiger partial charge in [-0.1, -0.05) is 0 Å². The topological polar surface area (TPSA) is 75.6 Å². The maximum atomic E-state index is 11.3. The van der Waals surface area contributed by atoms with Crippen molar-refractivity contribution in [1.82, 2.24) is 19.7 Å². The van der Waals surface area contributed by atoms with Crippen LogP contribution in [0.1, 0.15) is 11.3 Å². The highest BCUT2D eigenvalue weighted by atomic mass is 16.1. The number of aryl methyl sites for hydroxylation is 2. The van der Waals surface area contributed by atoms with Gasteiger partial charge in [0.1, 0.15) is 0 Å². The Morgan fingerprint density at radius 1 is 1.56 bits per heavy atom. The summed E-state index contributed by atoms with van der Waals surface area (Å²) in [7, 11) is 1.87. The summed E-state index contributed by atoms with van der Waals surface area (Å²) in [4.78, 5) is 17.8. The van der Waals surface area contributed by atoms with E-state index in [1.807, 2.05) is 20.2 Å². The van der Waals surface area contributed by atoms with Crippen LogP contribution >= 0.6 is 0 Å². The summed E-state index contributed by atoms with van der Waals surface area (Å²) in [5.41, 5.74) is 1.78. The first kappa shape index (κ1) is 10.4. The number of hydrogen-bond acceptors (Lipinski definition) is 4. The van der Waals surface area contributed by atoms with Crippen molar-refractivity contribution in [3.63, 3.8) is 0 Å². The predicted octanol–water partition coefficient (Wildman–Crippen LogP) is 0.424. The molecular weight excluding hydrogens is 206 g/mol. The highest BCUT2D eigenvalue weighted by molar-refractivity contribution is 5.32. The van der Waals surface area contributed by atoms with E-state index in [4.69, 9.17) is 0 Å². The molecule has 2 aromatic heterocycles. The van der Waals surface area contributed by atoms with Crippen LogP contribution in [0.25, 0.3) is 0 Å². The van der Waals surface area contributed by atoms with Gasteiger partial charge in [-0.2, -0.15) is 5.10 Å². The Balaban J connectivity index is 2.11. The van der Waals surface area contributed by atoms with Gasteiger partial charge in [-0.3, -0.25) is 9.48 Å². The predicted molar refractivity (Wildman–Crippen MR) is 60.1 cm³/mol. The lowest BCUT2D eigenvalue weighted by Crippen LogP contribution is -2.15. The first-order valence-electron chi connectivity index (χ1n) is 4.93. The van der Waals surface area contributed by atoms with Crippen LogP contribution in [0.3, 0.4) is 0 Å². The van der Waals surface area contributed by atoms with Crippen molar-refractivity contribution in [2.24, 2.45) is 7.05 Å². The number of aromatic nitrogens is 4. The second-order valence-corrected chi connectivity index (χ2v) is 3.53. The molecule has 0 aromatic carbocycles. The van der Waals surface area contributed by atoms with Gasteiger partial charge in [-0.05, 0) is 6.92 Å². The molecular formula is C10H13N5O. The number of H-pyrrole nitrogens is 1. The van der Waals surface area contributed by atoms with Crippen molar-refractivity contribution in [3.05, 3.63) is 40.2 Å². The van der Waals surface area contributed by atoms with Gasteiger partial charge in [-0.25, -0.2) is 4.98 Å². The van der Waals surface area contributed by atoms with Gasteiger partial charge >= 0.3 is 0 Å². The van der Waals surface area contributed by atoms with Crippen LogP contribution in [0.5, 0.6) is 0 Å². The van der Waals surface area contributed by atoms with Gasteiger partial charge in [0.15, 0.2) is 5.82 Å². The van der Waals surface area contributed by atoms with Gasteiger partial charge in [0.25, 0.3) is 5.56 Å². The summed E-state index contributed by atoms with van der Waals surface area (Å²) in [6, 6.07) is 0. The zero-order valence-corrected chi connectivity index (χ0v) is 9.19. The Labute approximate surface area is 92.3 Å². The highest BCUT2D eigenvalue weighted by Crippen LogP contribution is 2.05. The highest BCUT2D eigenvalue weighted by Gasteiger charge is 2.04. The summed E-state index contributed by atoms with van der Waals surface area (Å²) in [6.07, 6.45) is 4.96. The van der Waals surface area contributed by atoms with Crippen molar-refractivity contribution >= 4 is 5.82 Å². The van der Waals surface area contributed by atoms with Crippen LogP contribution in [0, 0.1) is 6.92 Å². The Bertz CT molecular complexity index is 542. The van der Waals surface area contributed by atoms with E-state index in [0.29, 0.717) is 12.4 Å². The normalized spacial score (nSPS) is 10.4. The molecule has 16 heavy (non-hydrogen) atoms. The zero-order valence-electron chi connectivity index (χ0n) is 9.19. The third-order valence-corrected chi connectivity index (χ3v) is 2.27. The molecule has 0 saturated heterocycles. The SMILES string of the molecule is Cc1nn(C)cc1CNc1ncc[nH]c1=O. The number of anilines is 1. The quantitative estimate of drug-likeness (QED) is 0.784. The lowest BCUT2D eigenvalue weighted by atomic mass is 10.2. The lowest BCUT2D eigenvalue weighted by molar-refractivity contribution is 0.756. The monoisotopic (exact) mass is 219 g/mol. The van der Waals surface area contributed by atoms with Crippen LogP contribution in [-0.2, 0) is 13.6 Å². The summed E-state index contributed by atoms with van der Waals surface area (Å²) < 4.78 is 1.75. The number of rotatable bonds is 3. The van der Waals surface area contributed by atoms with Gasteiger partial charge in [0.05, 0.1) is 5.69 Å². The first-order valence-corrected chi connectivity index (χ1v) is 4.93. The lowest BCUT2D eigenvalue weighted by Gasteiger charge is -2.02. The molecule has 2 aromatic rings. The minimum Gasteiger partial charge on any atom is -0.361 e. The van der Waals surface area contributed by atoms with E-state index in [2.05, 4.69) is 20.4 Å². The van der Waals surface area contributed by atoms with E-state index in [0.717, 1.165) is 11.3 Å². The minimum absolute atomic E-state index is 0.218. The number of nitrogens with one attached hydrogen (secondary N) is 2. The molecule has 0 aliphatic heterocycles. The Morgan fingerprint density at radius 3 is 3.00 bits per heavy atom. The third kappa shape index (κ3) is 2.10. The first-order chi connectivity index (χ1) is 7.66. The molecule has 0 radical (unpaired) electrons. The van der Waals surface area contributed by atoms with Crippen molar-refractivity contribution < 1.29 is 0 Å². The molecule has 0 saturated carbocycles. The Morgan fingerprint density at radius 2 is 2.38 bits per heavy atom. The average Bonchev–Trinajstić information content (AvgIpc) is 2.56. The fourth-order valence-corrected chi connectivity index (χ4v) is 1.48. The molecule has 0 fully saturated rings. The largest absolute Gasteiger partial charge is 0.361 e. The van der Waals surface area contributed by atoms with E-state index in [9.17, 15) is 4.79 Å². The smallest absolute Gasteiger partial charge is 0.290 e. The fourth-order valence-electron chi connectivity index (χ4n) is 1.48. The molecule has 0 bridgehead atoms. The Kier molecular flexibility index (Phi) is 2.72. The van der Waals surface area contributed by atoms with Gasteiger partial charge < -0.3 is 10.3 Å². The van der Waals surface area contributed by atoms with E-state index in [1.165, 1.54) is 6.20 Å². The van der Waals surface area contributed by atoms with E-state index < -0.39 is 0 Å². The molecule has 84 valence electrons. The number of nitrogens with zero attached hydrogens (tertiary/aromatic N) is 3. The van der Waals surface area contributed by atoms with Crippen molar-refractivity contribution in [1.29, 1.82) is 0 Å². The fraction of sp³-hybridized carbons (Fsp3) is 0.300. The summed E-state index contributed by atoms with van der Waals surface area (Å²) in [5, 5.41) is 7.19. The van der Waals surface area contributed by atoms with Gasteiger partial charge in [0, 0.05) is 37.7 Å². The molecule has 6 heteroatoms. The van der Waals surface area contributed by atoms with Gasteiger partial charge in [-0.15, -0.1) is 0 Å². The van der Waals surface area contributed by atoms with Crippen LogP contribution in [0.4, 0.5) is 5.82 Å². The van der Waals surface area contributed by atoms with Crippen molar-refractivity contribution in [2.45, 2.75) is 13.5 Å². The average molecular weight is 219 g/mol. The molecule has 0 amide bonds. The molecule has 0 aliphatic rings. The maximum Gasteiger partial charge on any atom is 0.290 e. The summed E-state index contributed by atoms with van der Waals surface area (Å²) in [5.74, 6) is 0.325. The third-order valence-electron chi connectivity index (χ3n) is 2.27. The second kappa shape index (κ2) is 4.18. The van der Waals surface area contributed by atoms with Gasteiger partial charge in [0.2, 0.25) is 0 Å². The van der Waals surface area contributed by atoms with Crippen LogP contribution < -0.4 is 10.9 Å². The van der Waals surface area contributed by atoms with Crippen molar-refractivity contribution in [3.8, 4) is 0 Å². The number of aromatic amines is 1. The molecule has 6 nitrogen and oxygen atoms in total. The molecule has 0 unspecified atom stereocenters. The molecule has 0 spiro atoms. The minimum atomic E-state index is -0.218. The second-order valence-electron chi connectivity index (χ2n) is 3.53. The zero-order chi connectivity index (χ0) is 11.5. The Hall–Kier alpha value is -2.11. The molecule has 2 N–H and O–H groups in total. The maximum absolute atomic E-state index is 11.3. The molecule has 0 atom stereocenters. The van der Waals surface area contributed by atoms with Crippen molar-refractivity contribution in [2.75, 3.05) is 5.32 Å².